The molecule has 3 heterocycles. The second-order valence-electron chi connectivity index (χ2n) is 5.75. The molecule has 6 nitrogen and oxygen atoms in total. The van der Waals surface area contributed by atoms with Crippen molar-refractivity contribution >= 4 is 28.5 Å². The van der Waals surface area contributed by atoms with E-state index in [0.717, 1.165) is 0 Å². The summed E-state index contributed by atoms with van der Waals surface area (Å²) in [6, 6.07) is 12.0. The van der Waals surface area contributed by atoms with E-state index in [0.29, 0.717) is 35.0 Å². The number of para-hydroxylation sites is 1. The minimum atomic E-state index is -0.632. The largest absolute Gasteiger partial charge is 0.471 e. The number of ether oxygens (including phenoxy) is 1. The maximum Gasteiger partial charge on any atom is 0.349 e. The lowest BCUT2D eigenvalue weighted by Gasteiger charge is -2.38. The lowest BCUT2D eigenvalue weighted by molar-refractivity contribution is 0.0157. The number of halogens is 1. The molecule has 0 spiro atoms. The van der Waals surface area contributed by atoms with E-state index in [1.54, 1.807) is 41.3 Å². The van der Waals surface area contributed by atoms with Gasteiger partial charge in [-0.2, -0.15) is 0 Å². The highest BCUT2D eigenvalue weighted by molar-refractivity contribution is 6.30. The van der Waals surface area contributed by atoms with Crippen LogP contribution in [0.3, 0.4) is 0 Å². The summed E-state index contributed by atoms with van der Waals surface area (Å²) in [6.45, 7) is 0.769. The predicted molar refractivity (Wildman–Crippen MR) is 92.1 cm³/mol. The van der Waals surface area contributed by atoms with Gasteiger partial charge in [-0.05, 0) is 18.2 Å². The van der Waals surface area contributed by atoms with Gasteiger partial charge in [0, 0.05) is 17.6 Å². The molecule has 2 aromatic heterocycles. The molecule has 0 saturated carbocycles. The van der Waals surface area contributed by atoms with Crippen molar-refractivity contribution in [2.75, 3.05) is 13.1 Å². The van der Waals surface area contributed by atoms with Crippen LogP contribution in [0.5, 0.6) is 5.88 Å². The summed E-state index contributed by atoms with van der Waals surface area (Å²) >= 11 is 5.78. The van der Waals surface area contributed by atoms with Crippen LogP contribution < -0.4 is 10.4 Å². The quantitative estimate of drug-likeness (QED) is 0.675. The predicted octanol–water partition coefficient (Wildman–Crippen LogP) is 2.74. The van der Waals surface area contributed by atoms with E-state index in [2.05, 4.69) is 4.98 Å². The maximum atomic E-state index is 12.5. The fourth-order valence-corrected chi connectivity index (χ4v) is 2.77. The Kier molecular flexibility index (Phi) is 3.89. The molecule has 1 aliphatic rings. The topological polar surface area (TPSA) is 72.6 Å². The summed E-state index contributed by atoms with van der Waals surface area (Å²) in [6.07, 6.45) is 1.34. The van der Waals surface area contributed by atoms with E-state index in [1.165, 1.54) is 6.20 Å². The third-order valence-corrected chi connectivity index (χ3v) is 4.22. The van der Waals surface area contributed by atoms with Crippen LogP contribution in [0, 0.1) is 0 Å². The second kappa shape index (κ2) is 6.22. The van der Waals surface area contributed by atoms with Crippen molar-refractivity contribution in [3.05, 3.63) is 69.7 Å². The number of benzene rings is 1. The number of amides is 1. The molecular weight excluding hydrogens is 344 g/mol. The SMILES string of the molecule is O=C(c1cc2ccccc2oc1=O)N1CC(Oc2ccc(Cl)cn2)C1. The first-order chi connectivity index (χ1) is 12.1. The number of carbonyl (C=O) groups is 1. The van der Waals surface area contributed by atoms with Crippen LogP contribution in [0.4, 0.5) is 0 Å². The number of likely N-dealkylation sites (tertiary alicyclic amines) is 1. The molecule has 1 amide bonds. The van der Waals surface area contributed by atoms with E-state index in [9.17, 15) is 9.59 Å². The zero-order valence-electron chi connectivity index (χ0n) is 13.0. The van der Waals surface area contributed by atoms with Gasteiger partial charge < -0.3 is 14.1 Å². The molecule has 7 heteroatoms. The molecule has 0 atom stereocenters. The lowest BCUT2D eigenvalue weighted by atomic mass is 10.1. The summed E-state index contributed by atoms with van der Waals surface area (Å²) in [7, 11) is 0. The zero-order chi connectivity index (χ0) is 17.4. The molecule has 4 rings (SSSR count). The van der Waals surface area contributed by atoms with Crippen molar-refractivity contribution in [2.24, 2.45) is 0 Å². The summed E-state index contributed by atoms with van der Waals surface area (Å²) in [5, 5.41) is 1.24. The minimum absolute atomic E-state index is 0.0294. The number of aromatic nitrogens is 1. The number of carbonyl (C=O) groups excluding carboxylic acids is 1. The fourth-order valence-electron chi connectivity index (χ4n) is 2.66. The molecule has 1 saturated heterocycles. The first-order valence-corrected chi connectivity index (χ1v) is 8.08. The standard InChI is InChI=1S/C18H13ClN2O4/c19-12-5-6-16(20-8-12)24-13-9-21(10-13)17(22)14-7-11-3-1-2-4-15(11)25-18(14)23/h1-8,13H,9-10H2. The zero-order valence-corrected chi connectivity index (χ0v) is 13.8. The van der Waals surface area contributed by atoms with E-state index in [4.69, 9.17) is 20.8 Å². The Hall–Kier alpha value is -2.86. The van der Waals surface area contributed by atoms with Gasteiger partial charge in [-0.1, -0.05) is 29.8 Å². The molecule has 0 N–H and O–H groups in total. The molecule has 126 valence electrons. The smallest absolute Gasteiger partial charge is 0.349 e. The minimum Gasteiger partial charge on any atom is -0.471 e. The van der Waals surface area contributed by atoms with Gasteiger partial charge >= 0.3 is 5.63 Å². The Morgan fingerprint density at radius 2 is 2.04 bits per heavy atom. The van der Waals surface area contributed by atoms with Crippen LogP contribution in [0.15, 0.2) is 57.9 Å². The summed E-state index contributed by atoms with van der Waals surface area (Å²) in [5.41, 5.74) is -0.142. The van der Waals surface area contributed by atoms with Gasteiger partial charge in [0.1, 0.15) is 17.3 Å². The molecule has 1 aliphatic heterocycles. The molecule has 1 aromatic carbocycles. The van der Waals surface area contributed by atoms with Gasteiger partial charge in [-0.15, -0.1) is 0 Å². The van der Waals surface area contributed by atoms with Crippen LogP contribution in [0.25, 0.3) is 11.0 Å². The number of hydrogen-bond acceptors (Lipinski definition) is 5. The van der Waals surface area contributed by atoms with Crippen molar-refractivity contribution in [2.45, 2.75) is 6.10 Å². The number of fused-ring (bicyclic) bond motifs is 1. The van der Waals surface area contributed by atoms with E-state index in [-0.39, 0.29) is 17.6 Å². The summed E-state index contributed by atoms with van der Waals surface area (Å²) in [5.74, 6) is 0.0927. The highest BCUT2D eigenvalue weighted by Gasteiger charge is 2.34. The van der Waals surface area contributed by atoms with Crippen LogP contribution in [-0.2, 0) is 0 Å². The highest BCUT2D eigenvalue weighted by Crippen LogP contribution is 2.20. The van der Waals surface area contributed by atoms with Gasteiger partial charge in [-0.3, -0.25) is 4.79 Å². The number of rotatable bonds is 3. The molecule has 0 radical (unpaired) electrons. The van der Waals surface area contributed by atoms with Crippen LogP contribution in [-0.4, -0.2) is 35.0 Å². The van der Waals surface area contributed by atoms with Gasteiger partial charge in [-0.25, -0.2) is 9.78 Å². The highest BCUT2D eigenvalue weighted by atomic mass is 35.5. The lowest BCUT2D eigenvalue weighted by Crippen LogP contribution is -2.56. The molecule has 0 unspecified atom stereocenters. The van der Waals surface area contributed by atoms with Crippen LogP contribution >= 0.6 is 11.6 Å². The normalized spacial score (nSPS) is 14.4. The van der Waals surface area contributed by atoms with E-state index in [1.807, 2.05) is 6.07 Å². The van der Waals surface area contributed by atoms with Crippen molar-refractivity contribution in [3.63, 3.8) is 0 Å². The van der Waals surface area contributed by atoms with Crippen molar-refractivity contribution in [1.29, 1.82) is 0 Å². The first-order valence-electron chi connectivity index (χ1n) is 7.70. The molecule has 0 aliphatic carbocycles. The fraction of sp³-hybridized carbons (Fsp3) is 0.167. The van der Waals surface area contributed by atoms with Crippen molar-refractivity contribution in [3.8, 4) is 5.88 Å². The Morgan fingerprint density at radius 1 is 1.24 bits per heavy atom. The molecule has 1 fully saturated rings. The molecular formula is C18H13ClN2O4. The molecule has 0 bridgehead atoms. The molecule has 25 heavy (non-hydrogen) atoms. The maximum absolute atomic E-state index is 12.5. The second-order valence-corrected chi connectivity index (χ2v) is 6.19. The first kappa shape index (κ1) is 15.7. The van der Waals surface area contributed by atoms with Crippen molar-refractivity contribution in [1.82, 2.24) is 9.88 Å². The van der Waals surface area contributed by atoms with Gasteiger partial charge in [0.25, 0.3) is 5.91 Å². The van der Waals surface area contributed by atoms with Crippen LogP contribution in [0.2, 0.25) is 5.02 Å². The average molecular weight is 357 g/mol. The van der Waals surface area contributed by atoms with Gasteiger partial charge in [0.2, 0.25) is 5.88 Å². The monoisotopic (exact) mass is 356 g/mol. The third kappa shape index (κ3) is 3.08. The number of nitrogens with zero attached hydrogens (tertiary/aromatic N) is 2. The Morgan fingerprint density at radius 3 is 2.80 bits per heavy atom. The van der Waals surface area contributed by atoms with Gasteiger partial charge in [0.05, 0.1) is 18.1 Å². The average Bonchev–Trinajstić information content (AvgIpc) is 2.58. The third-order valence-electron chi connectivity index (χ3n) is 3.99. The summed E-state index contributed by atoms with van der Waals surface area (Å²) < 4.78 is 10.9. The Balaban J connectivity index is 1.45. The molecule has 3 aromatic rings. The van der Waals surface area contributed by atoms with Crippen molar-refractivity contribution < 1.29 is 13.9 Å². The number of pyridine rings is 1. The Labute approximate surface area is 147 Å². The van der Waals surface area contributed by atoms with Gasteiger partial charge in [0.15, 0.2) is 0 Å². The summed E-state index contributed by atoms with van der Waals surface area (Å²) in [4.78, 5) is 30.2. The van der Waals surface area contributed by atoms with Crippen LogP contribution in [0.1, 0.15) is 10.4 Å². The Bertz CT molecular complexity index is 994. The van der Waals surface area contributed by atoms with E-state index < -0.39 is 5.63 Å². The van der Waals surface area contributed by atoms with E-state index >= 15 is 0 Å². The number of hydrogen-bond donors (Lipinski definition) is 0.